The average Bonchev–Trinajstić information content (AvgIpc) is 3.10. The summed E-state index contributed by atoms with van der Waals surface area (Å²) in [6.07, 6.45) is 2.15. The van der Waals surface area contributed by atoms with Gasteiger partial charge >= 0.3 is 0 Å². The number of likely N-dealkylation sites (tertiary alicyclic amines) is 1. The van der Waals surface area contributed by atoms with Gasteiger partial charge < -0.3 is 15.6 Å². The number of carbonyl (C=O) groups excluding carboxylic acids is 1. The molecular weight excluding hydrogens is 362 g/mol. The topological polar surface area (TPSA) is 75.0 Å². The standard InChI is InChI=1S/C21H22F2N4O/c1-2-27-7-3-4-13(11-27)12-5-6-15(17(23)8-12)21-25-18-10-14(22)9-16(20(24)28)19(18)26-21/h5-6,8-10,13H,2-4,7,11H2,1H3,(H2,24,28)(H,25,26). The Morgan fingerprint density at radius 2 is 2.14 bits per heavy atom. The van der Waals surface area contributed by atoms with E-state index in [4.69, 9.17) is 5.73 Å². The number of fused-ring (bicyclic) bond motifs is 1. The number of hydrogen-bond donors (Lipinski definition) is 2. The number of carbonyl (C=O) groups is 1. The molecule has 0 aliphatic carbocycles. The zero-order chi connectivity index (χ0) is 19.8. The fourth-order valence-corrected chi connectivity index (χ4v) is 3.99. The van der Waals surface area contributed by atoms with Crippen LogP contribution in [0.3, 0.4) is 0 Å². The number of primary amides is 1. The number of nitrogens with zero attached hydrogens (tertiary/aromatic N) is 2. The molecule has 1 unspecified atom stereocenters. The van der Waals surface area contributed by atoms with Crippen molar-refractivity contribution in [2.45, 2.75) is 25.7 Å². The maximum atomic E-state index is 14.9. The molecule has 0 saturated carbocycles. The fourth-order valence-electron chi connectivity index (χ4n) is 3.99. The van der Waals surface area contributed by atoms with Gasteiger partial charge in [0.1, 0.15) is 23.0 Å². The molecule has 1 aromatic heterocycles. The largest absolute Gasteiger partial charge is 0.366 e. The number of hydrogen-bond acceptors (Lipinski definition) is 3. The van der Waals surface area contributed by atoms with Gasteiger partial charge in [-0.1, -0.05) is 13.0 Å². The smallest absolute Gasteiger partial charge is 0.251 e. The number of rotatable bonds is 4. The summed E-state index contributed by atoms with van der Waals surface area (Å²) in [6.45, 7) is 5.15. The number of aromatic amines is 1. The van der Waals surface area contributed by atoms with Crippen molar-refractivity contribution in [1.82, 2.24) is 14.9 Å². The first-order valence-electron chi connectivity index (χ1n) is 9.47. The van der Waals surface area contributed by atoms with E-state index in [-0.39, 0.29) is 22.5 Å². The summed E-state index contributed by atoms with van der Waals surface area (Å²) in [7, 11) is 0. The highest BCUT2D eigenvalue weighted by Gasteiger charge is 2.22. The minimum Gasteiger partial charge on any atom is -0.366 e. The van der Waals surface area contributed by atoms with E-state index < -0.39 is 17.5 Å². The molecule has 2 heterocycles. The number of halogens is 2. The number of amides is 1. The molecule has 0 spiro atoms. The zero-order valence-corrected chi connectivity index (χ0v) is 15.6. The summed E-state index contributed by atoms with van der Waals surface area (Å²) in [4.78, 5) is 21.1. The van der Waals surface area contributed by atoms with Crippen LogP contribution in [0.4, 0.5) is 8.78 Å². The molecule has 146 valence electrons. The van der Waals surface area contributed by atoms with E-state index in [1.165, 1.54) is 6.07 Å². The van der Waals surface area contributed by atoms with E-state index in [1.54, 1.807) is 12.1 Å². The summed E-state index contributed by atoms with van der Waals surface area (Å²) in [6, 6.07) is 7.42. The molecule has 2 aromatic carbocycles. The van der Waals surface area contributed by atoms with E-state index in [0.717, 1.165) is 44.1 Å². The molecular formula is C21H22F2N4O. The molecule has 5 nitrogen and oxygen atoms in total. The molecule has 4 rings (SSSR count). The maximum Gasteiger partial charge on any atom is 0.251 e. The molecule has 3 N–H and O–H groups in total. The normalized spacial score (nSPS) is 17.9. The molecule has 28 heavy (non-hydrogen) atoms. The van der Waals surface area contributed by atoms with Crippen molar-refractivity contribution in [2.75, 3.05) is 19.6 Å². The number of imidazole rings is 1. The average molecular weight is 384 g/mol. The minimum absolute atomic E-state index is 0.0311. The second-order valence-electron chi connectivity index (χ2n) is 7.27. The number of piperidine rings is 1. The van der Waals surface area contributed by atoms with Crippen LogP contribution in [0.15, 0.2) is 30.3 Å². The number of H-pyrrole nitrogens is 1. The first kappa shape index (κ1) is 18.6. The Bertz CT molecular complexity index is 1050. The second-order valence-corrected chi connectivity index (χ2v) is 7.27. The van der Waals surface area contributed by atoms with E-state index >= 15 is 0 Å². The van der Waals surface area contributed by atoms with Crippen LogP contribution in [0.1, 0.15) is 41.6 Å². The summed E-state index contributed by atoms with van der Waals surface area (Å²) < 4.78 is 28.6. The van der Waals surface area contributed by atoms with E-state index in [2.05, 4.69) is 21.8 Å². The molecule has 0 radical (unpaired) electrons. The minimum atomic E-state index is -0.781. The first-order chi connectivity index (χ1) is 13.5. The third kappa shape index (κ3) is 3.38. The maximum absolute atomic E-state index is 14.9. The highest BCUT2D eigenvalue weighted by atomic mass is 19.1. The molecule has 0 bridgehead atoms. The number of benzene rings is 2. The van der Waals surface area contributed by atoms with Gasteiger partial charge in [-0.3, -0.25) is 4.79 Å². The van der Waals surface area contributed by atoms with E-state index in [0.29, 0.717) is 11.4 Å². The molecule has 1 aliphatic heterocycles. The SMILES string of the molecule is CCN1CCCC(c2ccc(-c3nc4c(C(N)=O)cc(F)cc4[nH]3)c(F)c2)C1. The molecule has 1 saturated heterocycles. The van der Waals surface area contributed by atoms with Crippen molar-refractivity contribution >= 4 is 16.9 Å². The number of aromatic nitrogens is 2. The molecule has 1 aliphatic rings. The third-order valence-electron chi connectivity index (χ3n) is 5.49. The van der Waals surface area contributed by atoms with Crippen LogP contribution in [-0.4, -0.2) is 40.4 Å². The molecule has 3 aromatic rings. The summed E-state index contributed by atoms with van der Waals surface area (Å²) in [5.74, 6) is -1.23. The van der Waals surface area contributed by atoms with Crippen LogP contribution < -0.4 is 5.73 Å². The third-order valence-corrected chi connectivity index (χ3v) is 5.49. The summed E-state index contributed by atoms with van der Waals surface area (Å²) >= 11 is 0. The van der Waals surface area contributed by atoms with E-state index in [1.807, 2.05) is 6.07 Å². The Labute approximate surface area is 161 Å². The Kier molecular flexibility index (Phi) is 4.85. The quantitative estimate of drug-likeness (QED) is 0.718. The van der Waals surface area contributed by atoms with Crippen LogP contribution >= 0.6 is 0 Å². The number of nitrogens with one attached hydrogen (secondary N) is 1. The number of likely N-dealkylation sites (N-methyl/N-ethyl adjacent to an activating group) is 1. The van der Waals surface area contributed by atoms with Crippen molar-refractivity contribution in [3.63, 3.8) is 0 Å². The Morgan fingerprint density at radius 3 is 2.86 bits per heavy atom. The molecule has 1 atom stereocenters. The van der Waals surface area contributed by atoms with Gasteiger partial charge in [-0.15, -0.1) is 0 Å². The van der Waals surface area contributed by atoms with Crippen molar-refractivity contribution in [3.05, 3.63) is 53.1 Å². The van der Waals surface area contributed by atoms with Gasteiger partial charge in [0.2, 0.25) is 0 Å². The predicted octanol–water partition coefficient (Wildman–Crippen LogP) is 3.81. The summed E-state index contributed by atoms with van der Waals surface area (Å²) in [5.41, 5.74) is 7.07. The van der Waals surface area contributed by atoms with Gasteiger partial charge in [-0.2, -0.15) is 0 Å². The lowest BCUT2D eigenvalue weighted by Gasteiger charge is -2.32. The van der Waals surface area contributed by atoms with E-state index in [9.17, 15) is 13.6 Å². The first-order valence-corrected chi connectivity index (χ1v) is 9.47. The lowest BCUT2D eigenvalue weighted by Crippen LogP contribution is -2.34. The highest BCUT2D eigenvalue weighted by molar-refractivity contribution is 6.04. The zero-order valence-electron chi connectivity index (χ0n) is 15.6. The van der Waals surface area contributed by atoms with Crippen LogP contribution in [0.25, 0.3) is 22.4 Å². The van der Waals surface area contributed by atoms with Gasteiger partial charge in [0.05, 0.1) is 16.6 Å². The lowest BCUT2D eigenvalue weighted by atomic mass is 9.90. The van der Waals surface area contributed by atoms with Gasteiger partial charge in [0.25, 0.3) is 5.91 Å². The van der Waals surface area contributed by atoms with Crippen molar-refractivity contribution in [2.24, 2.45) is 5.73 Å². The van der Waals surface area contributed by atoms with Crippen LogP contribution in [0.2, 0.25) is 0 Å². The Morgan fingerprint density at radius 1 is 1.32 bits per heavy atom. The van der Waals surface area contributed by atoms with Crippen LogP contribution in [-0.2, 0) is 0 Å². The van der Waals surface area contributed by atoms with Gasteiger partial charge in [0, 0.05) is 6.54 Å². The van der Waals surface area contributed by atoms with Crippen LogP contribution in [0.5, 0.6) is 0 Å². The Balaban J connectivity index is 1.70. The van der Waals surface area contributed by atoms with Crippen molar-refractivity contribution < 1.29 is 13.6 Å². The predicted molar refractivity (Wildman–Crippen MR) is 104 cm³/mol. The van der Waals surface area contributed by atoms with Crippen LogP contribution in [0, 0.1) is 11.6 Å². The monoisotopic (exact) mass is 384 g/mol. The van der Waals surface area contributed by atoms with Gasteiger partial charge in [-0.05, 0) is 61.7 Å². The van der Waals surface area contributed by atoms with Crippen molar-refractivity contribution in [1.29, 1.82) is 0 Å². The molecule has 1 amide bonds. The van der Waals surface area contributed by atoms with Gasteiger partial charge in [-0.25, -0.2) is 13.8 Å². The summed E-state index contributed by atoms with van der Waals surface area (Å²) in [5, 5.41) is 0. The number of nitrogens with two attached hydrogens (primary N) is 1. The van der Waals surface area contributed by atoms with Gasteiger partial charge in [0.15, 0.2) is 0 Å². The molecule has 7 heteroatoms. The highest BCUT2D eigenvalue weighted by Crippen LogP contribution is 2.31. The Hall–Kier alpha value is -2.80. The molecule has 1 fully saturated rings. The second kappa shape index (κ2) is 7.31. The lowest BCUT2D eigenvalue weighted by molar-refractivity contribution is 0.100. The fraction of sp³-hybridized carbons (Fsp3) is 0.333. The van der Waals surface area contributed by atoms with Crippen molar-refractivity contribution in [3.8, 4) is 11.4 Å².